The maximum absolute atomic E-state index is 10.7. The molecule has 0 N–H and O–H groups in total. The number of carbonyl (C=O) groups is 1. The molecular weight excluding hydrogens is 210 g/mol. The molecule has 0 aromatic heterocycles. The summed E-state index contributed by atoms with van der Waals surface area (Å²) in [4.78, 5) is 12.9. The predicted octanol–water partition coefficient (Wildman–Crippen LogP) is 2.11. The molecule has 1 heterocycles. The van der Waals surface area contributed by atoms with Crippen molar-refractivity contribution in [2.45, 2.75) is 11.8 Å². The summed E-state index contributed by atoms with van der Waals surface area (Å²) in [7, 11) is 2.06. The molecule has 0 amide bonds. The largest absolute Gasteiger partial charge is 0.304 e. The first-order valence-corrected chi connectivity index (χ1v) is 5.42. The van der Waals surface area contributed by atoms with Crippen molar-refractivity contribution in [1.29, 1.82) is 0 Å². The number of hydrogen-bond donors (Lipinski definition) is 0. The van der Waals surface area contributed by atoms with Crippen LogP contribution in [0.4, 0.5) is 0 Å². The zero-order valence-electron chi connectivity index (χ0n) is 8.74. The van der Waals surface area contributed by atoms with Crippen LogP contribution in [0.25, 0.3) is 0 Å². The zero-order valence-corrected chi connectivity index (χ0v) is 9.50. The third-order valence-electron chi connectivity index (χ3n) is 3.06. The highest BCUT2D eigenvalue weighted by Gasteiger charge is 2.42. The van der Waals surface area contributed by atoms with E-state index in [-0.39, 0.29) is 5.41 Å². The minimum absolute atomic E-state index is 0.00139. The van der Waals surface area contributed by atoms with Gasteiger partial charge in [-0.2, -0.15) is 0 Å². The van der Waals surface area contributed by atoms with Gasteiger partial charge in [0.2, 0.25) is 0 Å². The van der Waals surface area contributed by atoms with Crippen LogP contribution in [0.1, 0.15) is 12.0 Å². The Balaban J connectivity index is 2.29. The molecule has 0 unspecified atom stereocenters. The van der Waals surface area contributed by atoms with E-state index >= 15 is 0 Å². The Labute approximate surface area is 94.8 Å². The zero-order chi connectivity index (χ0) is 10.9. The number of hydrogen-bond acceptors (Lipinski definition) is 2. The number of benzene rings is 1. The number of halogens is 1. The van der Waals surface area contributed by atoms with Gasteiger partial charge in [0, 0.05) is 29.9 Å². The van der Waals surface area contributed by atoms with E-state index in [9.17, 15) is 4.79 Å². The van der Waals surface area contributed by atoms with Gasteiger partial charge in [-0.1, -0.05) is 23.7 Å². The lowest BCUT2D eigenvalue weighted by Crippen LogP contribution is -2.57. The minimum Gasteiger partial charge on any atom is -0.304 e. The Bertz CT molecular complexity index is 372. The van der Waals surface area contributed by atoms with Gasteiger partial charge in [-0.05, 0) is 24.7 Å². The van der Waals surface area contributed by atoms with Gasteiger partial charge in [0.1, 0.15) is 6.29 Å². The van der Waals surface area contributed by atoms with Crippen LogP contribution < -0.4 is 0 Å². The quantitative estimate of drug-likeness (QED) is 0.732. The first kappa shape index (κ1) is 10.7. The van der Waals surface area contributed by atoms with Crippen LogP contribution in [0.5, 0.6) is 0 Å². The second-order valence-electron chi connectivity index (χ2n) is 4.33. The average molecular weight is 224 g/mol. The van der Waals surface area contributed by atoms with Crippen molar-refractivity contribution in [3.05, 3.63) is 34.9 Å². The van der Waals surface area contributed by atoms with Crippen LogP contribution in [-0.2, 0) is 10.2 Å². The van der Waals surface area contributed by atoms with Crippen LogP contribution in [0, 0.1) is 0 Å². The van der Waals surface area contributed by atoms with Crippen molar-refractivity contribution in [3.63, 3.8) is 0 Å². The van der Waals surface area contributed by atoms with Gasteiger partial charge in [-0.15, -0.1) is 0 Å². The lowest BCUT2D eigenvalue weighted by Gasteiger charge is -2.48. The fourth-order valence-electron chi connectivity index (χ4n) is 2.39. The second kappa shape index (κ2) is 3.95. The molecule has 0 bridgehead atoms. The highest BCUT2D eigenvalue weighted by Crippen LogP contribution is 2.36. The molecule has 0 radical (unpaired) electrons. The van der Waals surface area contributed by atoms with E-state index in [1.165, 1.54) is 5.56 Å². The van der Waals surface area contributed by atoms with Gasteiger partial charge < -0.3 is 9.69 Å². The normalized spacial score (nSPS) is 19.6. The van der Waals surface area contributed by atoms with Crippen molar-refractivity contribution < 1.29 is 4.79 Å². The van der Waals surface area contributed by atoms with Crippen LogP contribution in [0.15, 0.2) is 24.3 Å². The highest BCUT2D eigenvalue weighted by molar-refractivity contribution is 6.30. The summed E-state index contributed by atoms with van der Waals surface area (Å²) in [6.45, 7) is 1.87. The van der Waals surface area contributed by atoms with E-state index in [4.69, 9.17) is 11.6 Å². The van der Waals surface area contributed by atoms with Gasteiger partial charge in [-0.25, -0.2) is 0 Å². The van der Waals surface area contributed by atoms with E-state index in [0.717, 1.165) is 24.4 Å². The number of nitrogens with zero attached hydrogens (tertiary/aromatic N) is 1. The Morgan fingerprint density at radius 3 is 2.80 bits per heavy atom. The molecule has 0 spiro atoms. The molecule has 0 aliphatic carbocycles. The van der Waals surface area contributed by atoms with Crippen LogP contribution in [-0.4, -0.2) is 31.3 Å². The van der Waals surface area contributed by atoms with Gasteiger partial charge in [0.25, 0.3) is 0 Å². The molecule has 80 valence electrons. The second-order valence-corrected chi connectivity index (χ2v) is 4.77. The molecule has 1 saturated heterocycles. The number of aldehydes is 1. The summed E-state index contributed by atoms with van der Waals surface area (Å²) in [5, 5.41) is 0.743. The fraction of sp³-hybridized carbons (Fsp3) is 0.417. The maximum atomic E-state index is 10.7. The van der Waals surface area contributed by atoms with E-state index in [2.05, 4.69) is 18.0 Å². The first-order chi connectivity index (χ1) is 7.16. The molecule has 2 rings (SSSR count). The first-order valence-electron chi connectivity index (χ1n) is 5.04. The molecule has 1 aliphatic heterocycles. The van der Waals surface area contributed by atoms with Gasteiger partial charge in [-0.3, -0.25) is 0 Å². The minimum atomic E-state index is 0.00139. The Hall–Kier alpha value is -0.860. The summed E-state index contributed by atoms with van der Waals surface area (Å²) in [5.41, 5.74) is 1.18. The summed E-state index contributed by atoms with van der Waals surface area (Å²) in [6, 6.07) is 7.84. The molecule has 3 heteroatoms. The summed E-state index contributed by atoms with van der Waals surface area (Å²) < 4.78 is 0. The van der Waals surface area contributed by atoms with Crippen molar-refractivity contribution in [3.8, 4) is 0 Å². The lowest BCUT2D eigenvalue weighted by molar-refractivity contribution is -0.110. The lowest BCUT2D eigenvalue weighted by atomic mass is 9.72. The van der Waals surface area contributed by atoms with E-state index in [1.54, 1.807) is 0 Å². The number of likely N-dealkylation sites (tertiary alicyclic amines) is 1. The maximum Gasteiger partial charge on any atom is 0.120 e. The molecule has 1 aliphatic rings. The van der Waals surface area contributed by atoms with Gasteiger partial charge >= 0.3 is 0 Å². The van der Waals surface area contributed by atoms with Crippen molar-refractivity contribution in [2.24, 2.45) is 0 Å². The topological polar surface area (TPSA) is 20.3 Å². The highest BCUT2D eigenvalue weighted by atomic mass is 35.5. The monoisotopic (exact) mass is 223 g/mol. The van der Waals surface area contributed by atoms with E-state index in [1.807, 2.05) is 18.2 Å². The molecule has 2 nitrogen and oxygen atoms in total. The number of rotatable bonds is 3. The fourth-order valence-corrected chi connectivity index (χ4v) is 2.58. The molecule has 0 saturated carbocycles. The third-order valence-corrected chi connectivity index (χ3v) is 3.29. The predicted molar refractivity (Wildman–Crippen MR) is 61.3 cm³/mol. The smallest absolute Gasteiger partial charge is 0.120 e. The Morgan fingerprint density at radius 2 is 2.27 bits per heavy atom. The van der Waals surface area contributed by atoms with E-state index in [0.29, 0.717) is 6.42 Å². The standard InChI is InChI=1S/C12H14ClNO/c1-14-8-12(9-14,5-6-15)10-3-2-4-11(13)7-10/h2-4,6-7H,5,8-9H2,1H3. The molecule has 0 atom stereocenters. The SMILES string of the molecule is CN1CC(CC=O)(c2cccc(Cl)c2)C1. The molecule has 1 aromatic carbocycles. The number of likely N-dealkylation sites (N-methyl/N-ethyl adjacent to an activating group) is 1. The van der Waals surface area contributed by atoms with Crippen molar-refractivity contribution in [1.82, 2.24) is 4.90 Å². The average Bonchev–Trinajstić information content (AvgIpc) is 2.15. The third kappa shape index (κ3) is 1.92. The van der Waals surface area contributed by atoms with Crippen LogP contribution in [0.3, 0.4) is 0 Å². The summed E-state index contributed by atoms with van der Waals surface area (Å²) in [6.07, 6.45) is 1.59. The number of carbonyl (C=O) groups excluding carboxylic acids is 1. The van der Waals surface area contributed by atoms with Crippen LogP contribution >= 0.6 is 11.6 Å². The molecular formula is C12H14ClNO. The summed E-state index contributed by atoms with van der Waals surface area (Å²) >= 11 is 5.97. The Morgan fingerprint density at radius 1 is 1.53 bits per heavy atom. The van der Waals surface area contributed by atoms with Gasteiger partial charge in [0.15, 0.2) is 0 Å². The molecule has 1 aromatic rings. The van der Waals surface area contributed by atoms with Crippen molar-refractivity contribution in [2.75, 3.05) is 20.1 Å². The van der Waals surface area contributed by atoms with E-state index < -0.39 is 0 Å². The Kier molecular flexibility index (Phi) is 2.81. The molecule has 15 heavy (non-hydrogen) atoms. The summed E-state index contributed by atoms with van der Waals surface area (Å²) in [5.74, 6) is 0. The van der Waals surface area contributed by atoms with Crippen LogP contribution in [0.2, 0.25) is 5.02 Å². The van der Waals surface area contributed by atoms with Crippen molar-refractivity contribution >= 4 is 17.9 Å². The molecule has 1 fully saturated rings. The van der Waals surface area contributed by atoms with Gasteiger partial charge in [0.05, 0.1) is 0 Å².